The van der Waals surface area contributed by atoms with Crippen LogP contribution >= 0.6 is 0 Å². The molecule has 3 aliphatic heterocycles. The molecule has 1 saturated heterocycles. The summed E-state index contributed by atoms with van der Waals surface area (Å²) in [6.45, 7) is 8.36. The van der Waals surface area contributed by atoms with E-state index in [1.54, 1.807) is 18.7 Å². The second-order valence-electron chi connectivity index (χ2n) is 12.2. The van der Waals surface area contributed by atoms with Crippen molar-refractivity contribution in [1.29, 1.82) is 0 Å². The maximum Gasteiger partial charge on any atom is 0.407 e. The third-order valence-corrected chi connectivity index (χ3v) is 8.98. The fourth-order valence-corrected chi connectivity index (χ4v) is 6.31. The summed E-state index contributed by atoms with van der Waals surface area (Å²) in [7, 11) is 0. The zero-order chi connectivity index (χ0) is 30.9. The van der Waals surface area contributed by atoms with Gasteiger partial charge in [-0.2, -0.15) is 0 Å². The first-order chi connectivity index (χ1) is 20.5. The van der Waals surface area contributed by atoms with E-state index in [2.05, 4.69) is 17.2 Å². The number of aliphatic carboxylic acids is 1. The minimum absolute atomic E-state index is 0.0190. The van der Waals surface area contributed by atoms with Crippen molar-refractivity contribution < 1.29 is 38.6 Å². The number of hydrogen-bond donors (Lipinski definition) is 3. The summed E-state index contributed by atoms with van der Waals surface area (Å²) in [6, 6.07) is 3.72. The molecule has 1 saturated carbocycles. The quantitative estimate of drug-likeness (QED) is 0.436. The highest BCUT2D eigenvalue weighted by Gasteiger charge is 2.61. The molecule has 3 heterocycles. The van der Waals surface area contributed by atoms with Gasteiger partial charge in [0.05, 0.1) is 13.2 Å². The van der Waals surface area contributed by atoms with Gasteiger partial charge in [0.25, 0.3) is 0 Å². The minimum atomic E-state index is -1.47. The van der Waals surface area contributed by atoms with Crippen molar-refractivity contribution in [2.75, 3.05) is 19.7 Å². The van der Waals surface area contributed by atoms with Gasteiger partial charge in [-0.3, -0.25) is 14.4 Å². The van der Waals surface area contributed by atoms with E-state index >= 15 is 0 Å². The van der Waals surface area contributed by atoms with Crippen LogP contribution in [0.4, 0.5) is 4.79 Å². The number of cyclic esters (lactones) is 1. The zero-order valence-electron chi connectivity index (χ0n) is 24.7. The van der Waals surface area contributed by atoms with E-state index in [1.807, 2.05) is 18.2 Å². The second-order valence-corrected chi connectivity index (χ2v) is 12.2. The molecule has 12 heteroatoms. The first-order valence-corrected chi connectivity index (χ1v) is 15.0. The summed E-state index contributed by atoms with van der Waals surface area (Å²) >= 11 is 0. The highest BCUT2D eigenvalue weighted by atomic mass is 16.5. The average Bonchev–Trinajstić information content (AvgIpc) is 3.54. The fraction of sp³-hybridized carbons (Fsp3) is 0.581. The fourth-order valence-electron chi connectivity index (χ4n) is 6.31. The Kier molecular flexibility index (Phi) is 8.66. The Bertz CT molecular complexity index is 1310. The zero-order valence-corrected chi connectivity index (χ0v) is 24.7. The summed E-state index contributed by atoms with van der Waals surface area (Å²) in [5, 5.41) is 15.2. The summed E-state index contributed by atoms with van der Waals surface area (Å²) < 4.78 is 11.8. The number of carboxylic acids is 1. The standard InChI is InChI=1S/C31H40N4O8/c1-4-20-15-31(20,29(39)40)33-27(37)23-14-21-16-35(23)28(38)26(18(2)3)32-30(41)42-13-6-5-10-25(36)34-12-11-19-8-7-9-24(43-21)22(19)17-34/h4,7-9,18,20-21,23,26H,1,5-6,10-17H2,2-3H3,(H,32,41)(H,33,37)(H,39,40)/t20-,21+,23-,26-,31+/m0/s1. The SMILES string of the molecule is C=C[C@H]1C[C@]1(NC(=O)[C@@H]1C[C@@H]2CN1C(=O)[C@H](C(C)C)NC(=O)OCCCCC(=O)N1CCc3cccc(c3C1)O2)C(=O)O. The van der Waals surface area contributed by atoms with E-state index in [4.69, 9.17) is 9.47 Å². The maximum absolute atomic E-state index is 14.0. The number of carboxylic acid groups (broad SMARTS) is 1. The molecule has 5 rings (SSSR count). The van der Waals surface area contributed by atoms with E-state index in [-0.39, 0.29) is 37.8 Å². The minimum Gasteiger partial charge on any atom is -0.488 e. The first-order valence-electron chi connectivity index (χ1n) is 15.0. The molecule has 3 N–H and O–H groups in total. The molecule has 12 nitrogen and oxygen atoms in total. The third-order valence-electron chi connectivity index (χ3n) is 8.98. The Hall–Kier alpha value is -4.09. The lowest BCUT2D eigenvalue weighted by molar-refractivity contribution is -0.146. The predicted molar refractivity (Wildman–Crippen MR) is 154 cm³/mol. The van der Waals surface area contributed by atoms with E-state index in [0.717, 1.165) is 11.1 Å². The molecule has 1 aliphatic carbocycles. The van der Waals surface area contributed by atoms with E-state index in [0.29, 0.717) is 44.5 Å². The Morgan fingerprint density at radius 3 is 2.70 bits per heavy atom. The van der Waals surface area contributed by atoms with Gasteiger partial charge in [0.15, 0.2) is 0 Å². The molecule has 4 bridgehead atoms. The average molecular weight is 597 g/mol. The van der Waals surface area contributed by atoms with Gasteiger partial charge in [0.2, 0.25) is 17.7 Å². The molecule has 4 aliphatic rings. The van der Waals surface area contributed by atoms with Crippen LogP contribution in [0, 0.1) is 11.8 Å². The van der Waals surface area contributed by atoms with Gasteiger partial charge in [-0.15, -0.1) is 6.58 Å². The Labute approximate surface area is 250 Å². The van der Waals surface area contributed by atoms with Crippen LogP contribution < -0.4 is 15.4 Å². The highest BCUT2D eigenvalue weighted by Crippen LogP contribution is 2.45. The molecule has 0 aromatic heterocycles. The van der Waals surface area contributed by atoms with Crippen LogP contribution in [0.5, 0.6) is 5.75 Å². The number of nitrogens with one attached hydrogen (secondary N) is 2. The van der Waals surface area contributed by atoms with E-state index in [9.17, 15) is 29.1 Å². The number of carbonyl (C=O) groups excluding carboxylic acids is 4. The van der Waals surface area contributed by atoms with Crippen molar-refractivity contribution in [1.82, 2.24) is 20.4 Å². The van der Waals surface area contributed by atoms with Gasteiger partial charge in [-0.05, 0) is 43.2 Å². The number of benzene rings is 1. The first kappa shape index (κ1) is 30.4. The monoisotopic (exact) mass is 596 g/mol. The normalized spacial score (nSPS) is 29.5. The number of ether oxygens (including phenoxy) is 2. The summed E-state index contributed by atoms with van der Waals surface area (Å²) in [6.07, 6.45) is 2.54. The van der Waals surface area contributed by atoms with Crippen molar-refractivity contribution in [3.63, 3.8) is 0 Å². The molecule has 0 spiro atoms. The largest absolute Gasteiger partial charge is 0.488 e. The summed E-state index contributed by atoms with van der Waals surface area (Å²) in [4.78, 5) is 68.5. The number of alkyl carbamates (subject to hydrolysis) is 1. The lowest BCUT2D eigenvalue weighted by Gasteiger charge is -2.31. The number of rotatable bonds is 5. The van der Waals surface area contributed by atoms with E-state index < -0.39 is 53.5 Å². The second kappa shape index (κ2) is 12.3. The van der Waals surface area contributed by atoms with Crippen LogP contribution in [0.15, 0.2) is 30.9 Å². The van der Waals surface area contributed by atoms with Crippen LogP contribution in [-0.4, -0.2) is 88.1 Å². The number of amides is 4. The third kappa shape index (κ3) is 6.18. The lowest BCUT2D eigenvalue weighted by atomic mass is 9.98. The number of hydrogen-bond acceptors (Lipinski definition) is 7. The molecule has 0 unspecified atom stereocenters. The van der Waals surface area contributed by atoms with Crippen LogP contribution in [0.25, 0.3) is 0 Å². The molecule has 5 atom stereocenters. The van der Waals surface area contributed by atoms with Crippen LogP contribution in [0.3, 0.4) is 0 Å². The van der Waals surface area contributed by atoms with Crippen molar-refractivity contribution in [2.45, 2.75) is 82.6 Å². The topological polar surface area (TPSA) is 155 Å². The molecule has 2 fully saturated rings. The van der Waals surface area contributed by atoms with E-state index in [1.165, 1.54) is 11.0 Å². The Morgan fingerprint density at radius 1 is 1.21 bits per heavy atom. The smallest absolute Gasteiger partial charge is 0.407 e. The molecule has 43 heavy (non-hydrogen) atoms. The predicted octanol–water partition coefficient (Wildman–Crippen LogP) is 2.00. The molecular formula is C31H40N4O8. The Morgan fingerprint density at radius 2 is 2.00 bits per heavy atom. The van der Waals surface area contributed by atoms with Gasteiger partial charge in [0, 0.05) is 37.4 Å². The number of fused-ring (bicyclic) bond motifs is 3. The van der Waals surface area contributed by atoms with Gasteiger partial charge in [-0.1, -0.05) is 32.1 Å². The van der Waals surface area contributed by atoms with Crippen molar-refractivity contribution in [2.24, 2.45) is 11.8 Å². The van der Waals surface area contributed by atoms with Crippen molar-refractivity contribution in [3.8, 4) is 5.75 Å². The lowest BCUT2D eigenvalue weighted by Crippen LogP contribution is -2.57. The van der Waals surface area contributed by atoms with Crippen molar-refractivity contribution in [3.05, 3.63) is 42.0 Å². The molecular weight excluding hydrogens is 556 g/mol. The van der Waals surface area contributed by atoms with Gasteiger partial charge < -0.3 is 35.0 Å². The summed E-state index contributed by atoms with van der Waals surface area (Å²) in [5.74, 6) is -2.39. The highest BCUT2D eigenvalue weighted by molar-refractivity contribution is 5.96. The number of carbonyl (C=O) groups is 5. The summed E-state index contributed by atoms with van der Waals surface area (Å²) in [5.41, 5.74) is 0.522. The number of nitrogens with zero attached hydrogens (tertiary/aromatic N) is 2. The maximum atomic E-state index is 14.0. The Balaban J connectivity index is 1.46. The molecule has 0 radical (unpaired) electrons. The molecule has 4 amide bonds. The molecule has 232 valence electrons. The van der Waals surface area contributed by atoms with Gasteiger partial charge in [-0.25, -0.2) is 9.59 Å². The van der Waals surface area contributed by atoms with Gasteiger partial charge in [0.1, 0.15) is 29.5 Å². The van der Waals surface area contributed by atoms with Crippen LogP contribution in [0.1, 0.15) is 57.1 Å². The van der Waals surface area contributed by atoms with Crippen LogP contribution in [-0.2, 0) is 36.9 Å². The van der Waals surface area contributed by atoms with Gasteiger partial charge >= 0.3 is 12.1 Å². The molecule has 1 aromatic rings. The van der Waals surface area contributed by atoms with Crippen LogP contribution in [0.2, 0.25) is 0 Å². The molecule has 1 aromatic carbocycles. The van der Waals surface area contributed by atoms with Crippen molar-refractivity contribution >= 4 is 29.8 Å².